The maximum absolute atomic E-state index is 11.5. The lowest BCUT2D eigenvalue weighted by molar-refractivity contribution is -0.0302. The van der Waals surface area contributed by atoms with E-state index in [-0.39, 0.29) is 11.8 Å². The van der Waals surface area contributed by atoms with Crippen molar-refractivity contribution in [2.24, 2.45) is 0 Å². The topological polar surface area (TPSA) is 61.3 Å². The van der Waals surface area contributed by atoms with Gasteiger partial charge >= 0.3 is 5.97 Å². The van der Waals surface area contributed by atoms with Gasteiger partial charge < -0.3 is 9.47 Å². The van der Waals surface area contributed by atoms with Crippen molar-refractivity contribution in [3.8, 4) is 0 Å². The lowest BCUT2D eigenvalue weighted by Gasteiger charge is -2.21. The molecule has 0 spiro atoms. The number of aromatic nitrogens is 2. The first-order valence-electron chi connectivity index (χ1n) is 5.41. The lowest BCUT2D eigenvalue weighted by atomic mass is 10.1. The van der Waals surface area contributed by atoms with Gasteiger partial charge in [-0.05, 0) is 19.3 Å². The number of hydrogen-bond acceptors (Lipinski definition) is 5. The Bertz CT molecular complexity index is 336. The standard InChI is InChI=1S/C11H14N2O3/c14-11(10-7-12-4-5-13-10)16-8-9-3-1-2-6-15-9/h4-5,7,9H,1-3,6,8H2/t9-/m0/s1. The molecule has 0 saturated carbocycles. The van der Waals surface area contributed by atoms with E-state index in [9.17, 15) is 4.79 Å². The van der Waals surface area contributed by atoms with Crippen LogP contribution in [0, 0.1) is 0 Å². The van der Waals surface area contributed by atoms with Crippen molar-refractivity contribution >= 4 is 5.97 Å². The molecule has 1 fully saturated rings. The number of hydrogen-bond donors (Lipinski definition) is 0. The van der Waals surface area contributed by atoms with Crippen molar-refractivity contribution in [2.45, 2.75) is 25.4 Å². The van der Waals surface area contributed by atoms with Gasteiger partial charge in [0.15, 0.2) is 5.69 Å². The summed E-state index contributed by atoms with van der Waals surface area (Å²) in [5.74, 6) is -0.442. The minimum atomic E-state index is -0.442. The maximum Gasteiger partial charge on any atom is 0.358 e. The van der Waals surface area contributed by atoms with Crippen LogP contribution in [0.25, 0.3) is 0 Å². The largest absolute Gasteiger partial charge is 0.458 e. The molecule has 0 aliphatic carbocycles. The van der Waals surface area contributed by atoms with Crippen LogP contribution in [0.2, 0.25) is 0 Å². The fourth-order valence-electron chi connectivity index (χ4n) is 1.59. The van der Waals surface area contributed by atoms with Gasteiger partial charge in [0, 0.05) is 19.0 Å². The third-order valence-corrected chi connectivity index (χ3v) is 2.45. The number of carbonyl (C=O) groups excluding carboxylic acids is 1. The average Bonchev–Trinajstić information content (AvgIpc) is 2.38. The summed E-state index contributed by atoms with van der Waals surface area (Å²) in [6, 6.07) is 0. The molecule has 0 radical (unpaired) electrons. The van der Waals surface area contributed by atoms with Gasteiger partial charge in [0.2, 0.25) is 0 Å². The first kappa shape index (κ1) is 11.0. The normalized spacial score (nSPS) is 20.4. The zero-order chi connectivity index (χ0) is 11.2. The van der Waals surface area contributed by atoms with Gasteiger partial charge in [0.05, 0.1) is 12.3 Å². The average molecular weight is 222 g/mol. The molecule has 86 valence electrons. The van der Waals surface area contributed by atoms with E-state index >= 15 is 0 Å². The van der Waals surface area contributed by atoms with E-state index in [1.165, 1.54) is 18.6 Å². The summed E-state index contributed by atoms with van der Waals surface area (Å²) >= 11 is 0. The highest BCUT2D eigenvalue weighted by Gasteiger charge is 2.17. The molecule has 1 aliphatic heterocycles. The van der Waals surface area contributed by atoms with Gasteiger partial charge in [-0.15, -0.1) is 0 Å². The molecule has 2 rings (SSSR count). The van der Waals surface area contributed by atoms with Gasteiger partial charge in [0.1, 0.15) is 6.61 Å². The summed E-state index contributed by atoms with van der Waals surface area (Å²) in [6.07, 6.45) is 7.59. The van der Waals surface area contributed by atoms with E-state index in [0.29, 0.717) is 6.61 Å². The quantitative estimate of drug-likeness (QED) is 0.719. The van der Waals surface area contributed by atoms with Gasteiger partial charge in [-0.2, -0.15) is 0 Å². The molecular formula is C11H14N2O3. The Morgan fingerprint density at radius 3 is 3.12 bits per heavy atom. The van der Waals surface area contributed by atoms with E-state index in [1.807, 2.05) is 0 Å². The Morgan fingerprint density at radius 2 is 2.44 bits per heavy atom. The van der Waals surface area contributed by atoms with Crippen LogP contribution in [0.15, 0.2) is 18.6 Å². The Morgan fingerprint density at radius 1 is 1.50 bits per heavy atom. The number of nitrogens with zero attached hydrogens (tertiary/aromatic N) is 2. The minimum absolute atomic E-state index is 0.0365. The van der Waals surface area contributed by atoms with Crippen LogP contribution < -0.4 is 0 Å². The molecule has 0 amide bonds. The number of esters is 1. The summed E-state index contributed by atoms with van der Waals surface area (Å²) in [5.41, 5.74) is 0.235. The highest BCUT2D eigenvalue weighted by atomic mass is 16.6. The lowest BCUT2D eigenvalue weighted by Crippen LogP contribution is -2.26. The zero-order valence-electron chi connectivity index (χ0n) is 8.96. The van der Waals surface area contributed by atoms with Crippen LogP contribution in [-0.2, 0) is 9.47 Å². The van der Waals surface area contributed by atoms with Gasteiger partial charge in [-0.3, -0.25) is 4.98 Å². The van der Waals surface area contributed by atoms with Crippen LogP contribution in [0.5, 0.6) is 0 Å². The highest BCUT2D eigenvalue weighted by molar-refractivity contribution is 5.86. The van der Waals surface area contributed by atoms with E-state index < -0.39 is 5.97 Å². The summed E-state index contributed by atoms with van der Waals surface area (Å²) < 4.78 is 10.6. The smallest absolute Gasteiger partial charge is 0.358 e. The highest BCUT2D eigenvalue weighted by Crippen LogP contribution is 2.13. The summed E-state index contributed by atoms with van der Waals surface area (Å²) in [7, 11) is 0. The predicted octanol–water partition coefficient (Wildman–Crippen LogP) is 1.20. The molecule has 1 aliphatic rings. The third-order valence-electron chi connectivity index (χ3n) is 2.45. The fourth-order valence-corrected chi connectivity index (χ4v) is 1.59. The molecule has 1 saturated heterocycles. The van der Waals surface area contributed by atoms with Crippen LogP contribution in [0.3, 0.4) is 0 Å². The molecule has 1 atom stereocenters. The van der Waals surface area contributed by atoms with Crippen LogP contribution >= 0.6 is 0 Å². The number of ether oxygens (including phenoxy) is 2. The van der Waals surface area contributed by atoms with Crippen LogP contribution in [0.1, 0.15) is 29.8 Å². The first-order valence-corrected chi connectivity index (χ1v) is 5.41. The summed E-state index contributed by atoms with van der Waals surface area (Å²) in [6.45, 7) is 1.06. The van der Waals surface area contributed by atoms with E-state index in [2.05, 4.69) is 9.97 Å². The molecule has 0 N–H and O–H groups in total. The van der Waals surface area contributed by atoms with Crippen molar-refractivity contribution in [1.29, 1.82) is 0 Å². The third kappa shape index (κ3) is 3.00. The van der Waals surface area contributed by atoms with Crippen molar-refractivity contribution < 1.29 is 14.3 Å². The molecular weight excluding hydrogens is 208 g/mol. The monoisotopic (exact) mass is 222 g/mol. The molecule has 5 heteroatoms. The second kappa shape index (κ2) is 5.55. The SMILES string of the molecule is O=C(OC[C@@H]1CCCCO1)c1cnccn1. The fraction of sp³-hybridized carbons (Fsp3) is 0.545. The first-order chi connectivity index (χ1) is 7.86. The zero-order valence-corrected chi connectivity index (χ0v) is 8.96. The molecule has 0 unspecified atom stereocenters. The second-order valence-corrected chi connectivity index (χ2v) is 3.68. The van der Waals surface area contributed by atoms with Gasteiger partial charge in [-0.1, -0.05) is 0 Å². The van der Waals surface area contributed by atoms with Crippen molar-refractivity contribution in [2.75, 3.05) is 13.2 Å². The van der Waals surface area contributed by atoms with E-state index in [0.717, 1.165) is 25.9 Å². The number of rotatable bonds is 3. The van der Waals surface area contributed by atoms with E-state index in [4.69, 9.17) is 9.47 Å². The van der Waals surface area contributed by atoms with Crippen molar-refractivity contribution in [1.82, 2.24) is 9.97 Å². The molecule has 5 nitrogen and oxygen atoms in total. The maximum atomic E-state index is 11.5. The Hall–Kier alpha value is -1.49. The molecule has 1 aromatic heterocycles. The second-order valence-electron chi connectivity index (χ2n) is 3.68. The van der Waals surface area contributed by atoms with Crippen molar-refractivity contribution in [3.63, 3.8) is 0 Å². The minimum Gasteiger partial charge on any atom is -0.458 e. The Kier molecular flexibility index (Phi) is 3.82. The summed E-state index contributed by atoms with van der Waals surface area (Å²) in [4.78, 5) is 19.2. The van der Waals surface area contributed by atoms with Crippen LogP contribution in [-0.4, -0.2) is 35.3 Å². The van der Waals surface area contributed by atoms with Gasteiger partial charge in [0.25, 0.3) is 0 Å². The number of carbonyl (C=O) groups is 1. The molecule has 0 aromatic carbocycles. The molecule has 1 aromatic rings. The Labute approximate surface area is 93.8 Å². The molecule has 2 heterocycles. The Balaban J connectivity index is 1.79. The van der Waals surface area contributed by atoms with Crippen LogP contribution in [0.4, 0.5) is 0 Å². The van der Waals surface area contributed by atoms with Crippen molar-refractivity contribution in [3.05, 3.63) is 24.3 Å². The summed E-state index contributed by atoms with van der Waals surface area (Å²) in [5, 5.41) is 0. The molecule has 0 bridgehead atoms. The predicted molar refractivity (Wildman–Crippen MR) is 55.9 cm³/mol. The van der Waals surface area contributed by atoms with E-state index in [1.54, 1.807) is 0 Å². The van der Waals surface area contributed by atoms with Gasteiger partial charge in [-0.25, -0.2) is 9.78 Å². The molecule has 16 heavy (non-hydrogen) atoms.